The quantitative estimate of drug-likeness (QED) is 0.908. The smallest absolute Gasteiger partial charge is 0.123 e. The van der Waals surface area contributed by atoms with Crippen LogP contribution in [0.15, 0.2) is 42.5 Å². The van der Waals surface area contributed by atoms with Crippen LogP contribution in [0.2, 0.25) is 0 Å². The third-order valence-electron chi connectivity index (χ3n) is 3.75. The number of hydrogen-bond donors (Lipinski definition) is 2. The van der Waals surface area contributed by atoms with E-state index in [0.29, 0.717) is 12.2 Å². The van der Waals surface area contributed by atoms with Crippen LogP contribution in [0.3, 0.4) is 0 Å². The molecule has 0 radical (unpaired) electrons. The lowest BCUT2D eigenvalue weighted by molar-refractivity contribution is 0.0543. The van der Waals surface area contributed by atoms with Gasteiger partial charge in [-0.05, 0) is 42.3 Å². The van der Waals surface area contributed by atoms with Gasteiger partial charge in [-0.2, -0.15) is 0 Å². The van der Waals surface area contributed by atoms with Crippen LogP contribution in [-0.2, 0) is 11.3 Å². The van der Waals surface area contributed by atoms with Gasteiger partial charge in [0.25, 0.3) is 0 Å². The maximum absolute atomic E-state index is 13.5. The van der Waals surface area contributed by atoms with Crippen LogP contribution < -0.4 is 5.32 Å². The van der Waals surface area contributed by atoms with E-state index in [9.17, 15) is 9.50 Å². The van der Waals surface area contributed by atoms with Crippen molar-refractivity contribution >= 4 is 0 Å². The Kier molecular flexibility index (Phi) is 4.18. The Morgan fingerprint density at radius 2 is 2.05 bits per heavy atom. The van der Waals surface area contributed by atoms with Gasteiger partial charge in [0.05, 0.1) is 12.7 Å². The van der Waals surface area contributed by atoms with Crippen molar-refractivity contribution in [3.63, 3.8) is 0 Å². The summed E-state index contributed by atoms with van der Waals surface area (Å²) in [5.41, 5.74) is 2.25. The third-order valence-corrected chi connectivity index (χ3v) is 3.75. The molecule has 1 heterocycles. The van der Waals surface area contributed by atoms with Crippen LogP contribution in [0, 0.1) is 5.82 Å². The minimum Gasteiger partial charge on any atom is -0.507 e. The second kappa shape index (κ2) is 6.24. The van der Waals surface area contributed by atoms with Gasteiger partial charge in [-0.25, -0.2) is 4.39 Å². The van der Waals surface area contributed by atoms with Crippen molar-refractivity contribution in [3.8, 4) is 16.9 Å². The fourth-order valence-corrected chi connectivity index (χ4v) is 2.62. The van der Waals surface area contributed by atoms with Gasteiger partial charge >= 0.3 is 0 Å². The molecule has 2 N–H and O–H groups in total. The molecule has 1 atom stereocenters. The molecule has 110 valence electrons. The molecule has 3 nitrogen and oxygen atoms in total. The molecule has 2 aromatic rings. The second-order valence-corrected chi connectivity index (χ2v) is 5.24. The Labute approximate surface area is 123 Å². The van der Waals surface area contributed by atoms with Gasteiger partial charge in [-0.1, -0.05) is 24.3 Å². The predicted molar refractivity (Wildman–Crippen MR) is 79.6 cm³/mol. The van der Waals surface area contributed by atoms with Crippen molar-refractivity contribution in [2.45, 2.75) is 19.1 Å². The van der Waals surface area contributed by atoms with Crippen LogP contribution in [0.5, 0.6) is 5.75 Å². The molecular formula is C17H18FNO2. The summed E-state index contributed by atoms with van der Waals surface area (Å²) in [6.07, 6.45) is 1.15. The summed E-state index contributed by atoms with van der Waals surface area (Å²) in [6.45, 7) is 2.13. The summed E-state index contributed by atoms with van der Waals surface area (Å²) in [5.74, 6) is -0.106. The first-order valence-electron chi connectivity index (χ1n) is 7.13. The Morgan fingerprint density at radius 1 is 1.19 bits per heavy atom. The van der Waals surface area contributed by atoms with E-state index in [2.05, 4.69) is 5.32 Å². The molecule has 1 fully saturated rings. The van der Waals surface area contributed by atoms with Crippen LogP contribution in [0.25, 0.3) is 11.1 Å². The maximum atomic E-state index is 13.5. The average Bonchev–Trinajstić information content (AvgIpc) is 3.00. The highest BCUT2D eigenvalue weighted by Crippen LogP contribution is 2.32. The lowest BCUT2D eigenvalue weighted by Gasteiger charge is -2.15. The summed E-state index contributed by atoms with van der Waals surface area (Å²) < 4.78 is 19.4. The molecule has 0 amide bonds. The third kappa shape index (κ3) is 3.23. The van der Waals surface area contributed by atoms with Crippen LogP contribution in [-0.4, -0.2) is 24.3 Å². The second-order valence-electron chi connectivity index (χ2n) is 5.24. The minimum atomic E-state index is -0.294. The lowest BCUT2D eigenvalue weighted by atomic mass is 9.99. The van der Waals surface area contributed by atoms with Crippen molar-refractivity contribution in [1.29, 1.82) is 0 Å². The molecule has 1 saturated heterocycles. The van der Waals surface area contributed by atoms with Gasteiger partial charge in [-0.15, -0.1) is 0 Å². The monoisotopic (exact) mass is 287 g/mol. The fourth-order valence-electron chi connectivity index (χ4n) is 2.62. The average molecular weight is 287 g/mol. The largest absolute Gasteiger partial charge is 0.507 e. The zero-order valence-electron chi connectivity index (χ0n) is 11.7. The normalized spacial score (nSPS) is 18.0. The molecule has 21 heavy (non-hydrogen) atoms. The molecule has 0 aliphatic carbocycles. The first kappa shape index (κ1) is 14.0. The zero-order chi connectivity index (χ0) is 14.7. The number of rotatable bonds is 4. The van der Waals surface area contributed by atoms with Gasteiger partial charge in [0.2, 0.25) is 0 Å². The van der Waals surface area contributed by atoms with Gasteiger partial charge in [-0.3, -0.25) is 0 Å². The Balaban J connectivity index is 1.87. The molecule has 1 aliphatic rings. The van der Waals surface area contributed by atoms with Crippen LogP contribution >= 0.6 is 0 Å². The standard InChI is InChI=1S/C17H18FNO2/c18-13-5-6-15(16-3-1-2-4-17(16)20)12(9-13)11-21-14-7-8-19-10-14/h1-6,9,14,19-20H,7-8,10-11H2/t14-/m0/s1. The highest BCUT2D eigenvalue weighted by atomic mass is 19.1. The lowest BCUT2D eigenvalue weighted by Crippen LogP contribution is -2.16. The molecule has 0 saturated carbocycles. The molecule has 4 heteroatoms. The number of phenolic OH excluding ortho intramolecular Hbond substituents is 1. The van der Waals surface area contributed by atoms with Crippen molar-refractivity contribution in [3.05, 3.63) is 53.8 Å². The molecule has 3 rings (SSSR count). The summed E-state index contributed by atoms with van der Waals surface area (Å²) >= 11 is 0. The van der Waals surface area contributed by atoms with Crippen LogP contribution in [0.1, 0.15) is 12.0 Å². The summed E-state index contributed by atoms with van der Waals surface area (Å²) in [5, 5.41) is 13.2. The molecule has 0 aromatic heterocycles. The van der Waals surface area contributed by atoms with Crippen molar-refractivity contribution in [2.75, 3.05) is 13.1 Å². The SMILES string of the molecule is Oc1ccccc1-c1ccc(F)cc1CO[C@H]1CCNC1. The van der Waals surface area contributed by atoms with E-state index in [0.717, 1.165) is 30.6 Å². The van der Waals surface area contributed by atoms with Crippen molar-refractivity contribution in [1.82, 2.24) is 5.32 Å². The molecule has 0 bridgehead atoms. The van der Waals surface area contributed by atoms with E-state index in [1.807, 2.05) is 12.1 Å². The highest BCUT2D eigenvalue weighted by Gasteiger charge is 2.16. The number of nitrogens with one attached hydrogen (secondary N) is 1. The summed E-state index contributed by atoms with van der Waals surface area (Å²) in [6, 6.07) is 11.6. The number of halogens is 1. The van der Waals surface area contributed by atoms with Gasteiger partial charge in [0.1, 0.15) is 11.6 Å². The topological polar surface area (TPSA) is 41.5 Å². The van der Waals surface area contributed by atoms with E-state index in [1.54, 1.807) is 18.2 Å². The van der Waals surface area contributed by atoms with E-state index in [4.69, 9.17) is 4.74 Å². The summed E-state index contributed by atoms with van der Waals surface area (Å²) in [4.78, 5) is 0. The minimum absolute atomic E-state index is 0.172. The molecule has 1 aliphatic heterocycles. The van der Waals surface area contributed by atoms with Crippen LogP contribution in [0.4, 0.5) is 4.39 Å². The van der Waals surface area contributed by atoms with E-state index in [-0.39, 0.29) is 17.7 Å². The Morgan fingerprint density at radius 3 is 2.81 bits per heavy atom. The number of benzene rings is 2. The Hall–Kier alpha value is -1.91. The van der Waals surface area contributed by atoms with E-state index < -0.39 is 0 Å². The van der Waals surface area contributed by atoms with Gasteiger partial charge in [0, 0.05) is 12.1 Å². The van der Waals surface area contributed by atoms with Gasteiger partial charge < -0.3 is 15.2 Å². The van der Waals surface area contributed by atoms with Crippen molar-refractivity contribution in [2.24, 2.45) is 0 Å². The molecular weight excluding hydrogens is 269 g/mol. The summed E-state index contributed by atoms with van der Waals surface area (Å²) in [7, 11) is 0. The number of aromatic hydroxyl groups is 1. The van der Waals surface area contributed by atoms with E-state index >= 15 is 0 Å². The number of para-hydroxylation sites is 1. The zero-order valence-corrected chi connectivity index (χ0v) is 11.7. The first-order valence-corrected chi connectivity index (χ1v) is 7.13. The number of ether oxygens (including phenoxy) is 1. The fraction of sp³-hybridized carbons (Fsp3) is 0.294. The molecule has 0 spiro atoms. The molecule has 0 unspecified atom stereocenters. The number of phenols is 1. The molecule has 2 aromatic carbocycles. The Bertz CT molecular complexity index is 624. The maximum Gasteiger partial charge on any atom is 0.123 e. The highest BCUT2D eigenvalue weighted by molar-refractivity contribution is 5.72. The van der Waals surface area contributed by atoms with E-state index in [1.165, 1.54) is 12.1 Å². The number of hydrogen-bond acceptors (Lipinski definition) is 3. The van der Waals surface area contributed by atoms with Crippen molar-refractivity contribution < 1.29 is 14.2 Å². The predicted octanol–water partition coefficient (Wildman–Crippen LogP) is 3.08. The van der Waals surface area contributed by atoms with Gasteiger partial charge in [0.15, 0.2) is 0 Å². The first-order chi connectivity index (χ1) is 10.2.